The van der Waals surface area contributed by atoms with Crippen molar-refractivity contribution in [3.05, 3.63) is 171 Å². The largest absolute Gasteiger partial charge is 0.510 e. The number of nitrogens with zero attached hydrogens (tertiary/aromatic N) is 5. The molecule has 0 unspecified atom stereocenters. The van der Waals surface area contributed by atoms with Crippen LogP contribution in [0.15, 0.2) is 191 Å². The molecule has 1 saturated heterocycles. The number of aliphatic hydroxyl groups is 3. The number of hydrogen-bond donors (Lipinski definition) is 6. The molecule has 1 aliphatic rings. The molecule has 0 atom stereocenters. The van der Waals surface area contributed by atoms with E-state index in [2.05, 4.69) is 62.1 Å². The van der Waals surface area contributed by atoms with Gasteiger partial charge < -0.3 is 59.5 Å². The number of imide groups is 1. The van der Waals surface area contributed by atoms with Crippen molar-refractivity contribution in [1.82, 2.24) is 4.90 Å². The van der Waals surface area contributed by atoms with Gasteiger partial charge >= 0.3 is 23.9 Å². The highest BCUT2D eigenvalue weighted by molar-refractivity contribution is 6.05. The molecule has 0 spiro atoms. The van der Waals surface area contributed by atoms with Crippen LogP contribution in [-0.4, -0.2) is 121 Å². The molecule has 4 amide bonds. The molecule has 25 heteroatoms. The van der Waals surface area contributed by atoms with Crippen LogP contribution in [0.1, 0.15) is 26.7 Å². The van der Waals surface area contributed by atoms with Crippen molar-refractivity contribution in [2.24, 2.45) is 20.5 Å². The number of para-hydroxylation sites is 6. The Kier molecular flexibility index (Phi) is 32.1. The van der Waals surface area contributed by atoms with Crippen LogP contribution in [0.5, 0.6) is 23.0 Å². The van der Waals surface area contributed by atoms with Crippen LogP contribution in [0, 0.1) is 0 Å². The van der Waals surface area contributed by atoms with Crippen molar-refractivity contribution in [1.29, 1.82) is 0 Å². The second-order valence-corrected chi connectivity index (χ2v) is 14.8. The van der Waals surface area contributed by atoms with Gasteiger partial charge in [0.1, 0.15) is 65.7 Å². The Morgan fingerprint density at radius 2 is 0.925 bits per heavy atom. The van der Waals surface area contributed by atoms with Crippen LogP contribution in [-0.2, 0) is 47.8 Å². The predicted molar refractivity (Wildman–Crippen MR) is 291 cm³/mol. The van der Waals surface area contributed by atoms with Gasteiger partial charge in [-0.05, 0) is 62.4 Å². The van der Waals surface area contributed by atoms with Crippen LogP contribution in [0.4, 0.5) is 22.7 Å². The summed E-state index contributed by atoms with van der Waals surface area (Å²) in [5.74, 6) is -3.40. The monoisotopic (exact) mass is 1110 g/mol. The summed E-state index contributed by atoms with van der Waals surface area (Å²) < 4.78 is 30.2. The molecule has 0 aromatic heterocycles. The van der Waals surface area contributed by atoms with Gasteiger partial charge in [-0.3, -0.25) is 24.1 Å². The molecular weight excluding hydrogens is 1050 g/mol. The van der Waals surface area contributed by atoms with Gasteiger partial charge in [0.2, 0.25) is 11.8 Å². The number of hydrogen-bond acceptors (Lipinski definition) is 21. The number of amides is 4. The van der Waals surface area contributed by atoms with Crippen molar-refractivity contribution < 1.29 is 87.2 Å². The molecule has 80 heavy (non-hydrogen) atoms. The highest BCUT2D eigenvalue weighted by atomic mass is 16.6. The Bertz CT molecular complexity index is 2910. The summed E-state index contributed by atoms with van der Waals surface area (Å²) in [6.07, 6.45) is 4.50. The number of nitrogens with one attached hydrogen (secondary N) is 2. The minimum atomic E-state index is -0.981. The fourth-order valence-corrected chi connectivity index (χ4v) is 5.33. The Balaban J connectivity index is 0.000000583. The zero-order valence-corrected chi connectivity index (χ0v) is 44.4. The number of aliphatic carboxylic acids is 1. The average molecular weight is 1110 g/mol. The number of carboxylic acids is 1. The molecule has 424 valence electrons. The molecule has 0 aliphatic carbocycles. The number of anilines is 2. The molecule has 1 fully saturated rings. The first kappa shape index (κ1) is 67.5. The Morgan fingerprint density at radius 1 is 0.562 bits per heavy atom. The minimum absolute atomic E-state index is 0.0263. The number of esters is 3. The van der Waals surface area contributed by atoms with E-state index in [9.17, 15) is 48.6 Å². The number of aliphatic hydroxyl groups excluding tert-OH is 3. The quantitative estimate of drug-likeness (QED) is 0.00868. The maximum Gasteiger partial charge on any atom is 0.338 e. The van der Waals surface area contributed by atoms with Gasteiger partial charge in [0.05, 0.1) is 32.2 Å². The van der Waals surface area contributed by atoms with E-state index < -0.39 is 35.7 Å². The number of likely N-dealkylation sites (tertiary alicyclic amines) is 1. The summed E-state index contributed by atoms with van der Waals surface area (Å²) in [6.45, 7) is 15.2. The maximum absolute atomic E-state index is 12.6. The first-order valence-electron chi connectivity index (χ1n) is 23.2. The summed E-state index contributed by atoms with van der Waals surface area (Å²) >= 11 is 0. The number of azo groups is 2. The summed E-state index contributed by atoms with van der Waals surface area (Å²) in [5.41, 5.74) is 1.00. The lowest BCUT2D eigenvalue weighted by Gasteiger charge is -2.10. The van der Waals surface area contributed by atoms with Gasteiger partial charge in [0, 0.05) is 44.2 Å². The first-order valence-corrected chi connectivity index (χ1v) is 23.2. The fourth-order valence-electron chi connectivity index (χ4n) is 5.33. The highest BCUT2D eigenvalue weighted by Crippen LogP contribution is 2.31. The van der Waals surface area contributed by atoms with Gasteiger partial charge in [-0.25, -0.2) is 19.2 Å². The third-order valence-corrected chi connectivity index (χ3v) is 9.18. The molecule has 5 rings (SSSR count). The predicted octanol–water partition coefficient (Wildman–Crippen LogP) is 8.34. The lowest BCUT2D eigenvalue weighted by atomic mass is 10.2. The van der Waals surface area contributed by atoms with E-state index >= 15 is 0 Å². The summed E-state index contributed by atoms with van der Waals surface area (Å²) in [5, 5.41) is 57.3. The van der Waals surface area contributed by atoms with Crippen LogP contribution in [0.2, 0.25) is 0 Å². The van der Waals surface area contributed by atoms with Crippen LogP contribution >= 0.6 is 0 Å². The zero-order valence-electron chi connectivity index (χ0n) is 44.4. The molecular formula is C55H61N7O18. The molecule has 1 aliphatic heterocycles. The Hall–Kier alpha value is -10.6. The third-order valence-electron chi connectivity index (χ3n) is 9.18. The highest BCUT2D eigenvalue weighted by Gasteiger charge is 2.24. The average Bonchev–Trinajstić information content (AvgIpc) is 3.75. The van der Waals surface area contributed by atoms with E-state index in [4.69, 9.17) is 33.9 Å². The molecule has 6 N–H and O–H groups in total. The summed E-state index contributed by atoms with van der Waals surface area (Å²) in [7, 11) is 4.48. The number of benzene rings is 4. The third kappa shape index (κ3) is 25.8. The number of carbonyl (C=O) groups is 8. The van der Waals surface area contributed by atoms with E-state index in [1.54, 1.807) is 97.1 Å². The van der Waals surface area contributed by atoms with Gasteiger partial charge in [0.25, 0.3) is 11.8 Å². The minimum Gasteiger partial charge on any atom is -0.510 e. The Morgan fingerprint density at radius 3 is 1.25 bits per heavy atom. The number of allylic oxidation sites excluding steroid dienone is 2. The van der Waals surface area contributed by atoms with Gasteiger partial charge in [-0.2, -0.15) is 0 Å². The van der Waals surface area contributed by atoms with Crippen molar-refractivity contribution in [3.8, 4) is 23.0 Å². The first-order chi connectivity index (χ1) is 38.2. The van der Waals surface area contributed by atoms with Crippen molar-refractivity contribution in [2.45, 2.75) is 26.7 Å². The topological polar surface area (TPSA) is 350 Å². The maximum atomic E-state index is 12.6. The lowest BCUT2D eigenvalue weighted by Crippen LogP contribution is -2.23. The fraction of sp³-hybridized carbons (Fsp3) is 0.200. The molecule has 1 heterocycles. The molecule has 4 aromatic rings. The zero-order chi connectivity index (χ0) is 60.0. The van der Waals surface area contributed by atoms with Gasteiger partial charge in [-0.1, -0.05) is 74.8 Å². The smallest absolute Gasteiger partial charge is 0.338 e. The van der Waals surface area contributed by atoms with E-state index in [1.165, 1.54) is 40.0 Å². The Labute approximate surface area is 460 Å². The van der Waals surface area contributed by atoms with Crippen molar-refractivity contribution >= 4 is 70.3 Å². The molecule has 4 aromatic carbocycles. The standard InChI is InChI=1S/C22H23N3O6.C19H21N3O5.C6H6O3.C5H7NO2.C3H4O2/c1-4-20(27)31-14-13-30-19-12-8-6-10-17(19)24-25-21(15(2)26)22(28)23-16-9-5-7-11-18(16)29-3;1-13(24)18(19(25)20-14-7-3-5-9-16(14)26-2)22-21-15-8-4-6-10-17(15)27-12-11-23;1-3-5(7)9-6(8)4-2;1-6-4(7)2-3-5(6)8;1-2-3(4)5/h4-12,26H,1,13-14H2,2-3H3,(H,23,28);3-10,23-24H,11-12H2,1-2H3,(H,20,25);3-4H,1-2H2;2-3H2,1H3;2H,1H2,(H,4,5). The van der Waals surface area contributed by atoms with Gasteiger partial charge in [-0.15, -0.1) is 20.5 Å². The van der Waals surface area contributed by atoms with E-state index in [0.29, 0.717) is 58.6 Å². The van der Waals surface area contributed by atoms with E-state index in [-0.39, 0.29) is 61.2 Å². The van der Waals surface area contributed by atoms with Crippen molar-refractivity contribution in [3.63, 3.8) is 0 Å². The number of ether oxygens (including phenoxy) is 6. The van der Waals surface area contributed by atoms with Crippen LogP contribution < -0.4 is 29.6 Å². The second kappa shape index (κ2) is 38.1. The van der Waals surface area contributed by atoms with Gasteiger partial charge in [0.15, 0.2) is 11.4 Å². The van der Waals surface area contributed by atoms with Crippen molar-refractivity contribution in [2.75, 3.05) is 58.3 Å². The molecule has 0 bridgehead atoms. The molecule has 25 nitrogen and oxygen atoms in total. The molecule has 0 saturated carbocycles. The normalized spacial score (nSPS) is 11.7. The number of methoxy groups -OCH3 is 2. The molecule has 0 radical (unpaired) electrons. The van der Waals surface area contributed by atoms with E-state index in [1.807, 2.05) is 0 Å². The summed E-state index contributed by atoms with van der Waals surface area (Å²) in [4.78, 5) is 87.9. The number of carboxylic acid groups (broad SMARTS) is 1. The lowest BCUT2D eigenvalue weighted by molar-refractivity contribution is -0.152. The number of rotatable bonds is 21. The SMILES string of the molecule is C=CC(=O)O.C=CC(=O)OC(=O)C=C.C=CC(=O)OCCOc1ccccc1N=NC(C(=O)Nc1ccccc1OC)=C(C)O.CN1C(=O)CCC1=O.COc1ccccc1NC(=O)C(N=Nc1ccccc1OCCO)=C(C)O. The number of carbonyl (C=O) groups excluding carboxylic acids is 7. The second-order valence-electron chi connectivity index (χ2n) is 14.8. The van der Waals surface area contributed by atoms with E-state index in [0.717, 1.165) is 24.3 Å². The summed E-state index contributed by atoms with van der Waals surface area (Å²) in [6, 6.07) is 27.2. The van der Waals surface area contributed by atoms with Crippen LogP contribution in [0.3, 0.4) is 0 Å². The van der Waals surface area contributed by atoms with Crippen LogP contribution in [0.25, 0.3) is 0 Å².